The molecule has 0 N–H and O–H groups in total. The fourth-order valence-corrected chi connectivity index (χ4v) is 8.71. The van der Waals surface area contributed by atoms with E-state index in [4.69, 9.17) is 19.2 Å². The number of aryl methyl sites for hydroxylation is 1. The van der Waals surface area contributed by atoms with Crippen molar-refractivity contribution < 1.29 is 22.6 Å². The predicted octanol–water partition coefficient (Wildman–Crippen LogP) is 7.75. The molecule has 0 bridgehead atoms. The van der Waals surface area contributed by atoms with Crippen molar-refractivity contribution >= 4 is 27.0 Å². The highest BCUT2D eigenvalue weighted by molar-refractivity contribution is 7.89. The number of piperidine rings is 1. The second kappa shape index (κ2) is 15.9. The van der Waals surface area contributed by atoms with Gasteiger partial charge in [-0.25, -0.2) is 13.4 Å². The number of hydrogen-bond acceptors (Lipinski definition) is 7. The zero-order valence-corrected chi connectivity index (χ0v) is 29.9. The van der Waals surface area contributed by atoms with Gasteiger partial charge in [0.25, 0.3) is 0 Å². The van der Waals surface area contributed by atoms with Crippen LogP contribution in [0.2, 0.25) is 0 Å². The molecule has 256 valence electrons. The zero-order chi connectivity index (χ0) is 34.2. The molecule has 6 rings (SSSR count). The van der Waals surface area contributed by atoms with Crippen LogP contribution >= 0.6 is 11.3 Å². The summed E-state index contributed by atoms with van der Waals surface area (Å²) >= 11 is 1.56. The smallest absolute Gasteiger partial charge is 0.243 e. The van der Waals surface area contributed by atoms with Crippen LogP contribution in [0.3, 0.4) is 0 Å². The van der Waals surface area contributed by atoms with E-state index in [0.29, 0.717) is 48.6 Å². The van der Waals surface area contributed by atoms with Crippen molar-refractivity contribution in [2.75, 3.05) is 33.9 Å². The highest BCUT2D eigenvalue weighted by Gasteiger charge is 2.29. The number of sulfonamides is 1. The number of nitrogens with zero attached hydrogens (tertiary/aromatic N) is 3. The van der Waals surface area contributed by atoms with Crippen LogP contribution in [0.4, 0.5) is 5.69 Å². The summed E-state index contributed by atoms with van der Waals surface area (Å²) in [4.78, 5) is 6.16. The van der Waals surface area contributed by atoms with Crippen molar-refractivity contribution in [2.45, 2.75) is 44.0 Å². The minimum atomic E-state index is -3.59. The number of hydrogen-bond donors (Lipinski definition) is 0. The molecule has 8 nitrogen and oxygen atoms in total. The Kier molecular flexibility index (Phi) is 11.2. The first-order valence-electron chi connectivity index (χ1n) is 16.7. The van der Waals surface area contributed by atoms with E-state index in [1.165, 1.54) is 5.56 Å². The summed E-state index contributed by atoms with van der Waals surface area (Å²) in [6, 6.07) is 31.5. The number of benzene rings is 4. The lowest BCUT2D eigenvalue weighted by Crippen LogP contribution is -2.38. The van der Waals surface area contributed by atoms with Gasteiger partial charge in [0.05, 0.1) is 37.1 Å². The summed E-state index contributed by atoms with van der Waals surface area (Å²) in [6.45, 7) is 4.30. The van der Waals surface area contributed by atoms with Crippen LogP contribution in [0.25, 0.3) is 11.3 Å². The van der Waals surface area contributed by atoms with Crippen molar-refractivity contribution in [3.05, 3.63) is 118 Å². The zero-order valence-electron chi connectivity index (χ0n) is 28.2. The summed E-state index contributed by atoms with van der Waals surface area (Å²) in [6.07, 6.45) is 3.44. The summed E-state index contributed by atoms with van der Waals surface area (Å²) in [7, 11) is -0.323. The van der Waals surface area contributed by atoms with Gasteiger partial charge in [0.1, 0.15) is 5.75 Å². The summed E-state index contributed by atoms with van der Waals surface area (Å²) in [5.41, 5.74) is 5.14. The minimum Gasteiger partial charge on any atom is -0.494 e. The first-order chi connectivity index (χ1) is 23.9. The van der Waals surface area contributed by atoms with E-state index in [9.17, 15) is 8.42 Å². The second-order valence-corrected chi connectivity index (χ2v) is 14.9. The van der Waals surface area contributed by atoms with Crippen molar-refractivity contribution in [1.29, 1.82) is 0 Å². The van der Waals surface area contributed by atoms with Gasteiger partial charge in [0.15, 0.2) is 16.3 Å². The number of aromatic nitrogens is 1. The maximum Gasteiger partial charge on any atom is 0.243 e. The molecule has 1 aliphatic rings. The van der Waals surface area contributed by atoms with Gasteiger partial charge in [-0.15, -0.1) is 11.3 Å². The topological polar surface area (TPSA) is 82.4 Å². The van der Waals surface area contributed by atoms with Crippen LogP contribution in [0.15, 0.2) is 112 Å². The molecular weight excluding hydrogens is 655 g/mol. The van der Waals surface area contributed by atoms with Crippen molar-refractivity contribution in [3.63, 3.8) is 0 Å². The minimum absolute atomic E-state index is 0.323. The molecule has 49 heavy (non-hydrogen) atoms. The molecule has 5 aromatic rings. The SMILES string of the molecule is CCOc1ccc(N=c2scc(-c3ccc(S(=O)(=O)N4CCC(Cc5ccccc5)CC4)cc3)n2CCc2ccc(OC)c(OC)c2)cc1. The van der Waals surface area contributed by atoms with Crippen LogP contribution in [-0.2, 0) is 29.4 Å². The van der Waals surface area contributed by atoms with Crippen LogP contribution in [-0.4, -0.2) is 51.2 Å². The average Bonchev–Trinajstić information content (AvgIpc) is 3.54. The van der Waals surface area contributed by atoms with Gasteiger partial charge in [0.2, 0.25) is 10.0 Å². The van der Waals surface area contributed by atoms with Gasteiger partial charge >= 0.3 is 0 Å². The Morgan fingerprint density at radius 2 is 1.55 bits per heavy atom. The van der Waals surface area contributed by atoms with Gasteiger partial charge in [-0.1, -0.05) is 48.5 Å². The van der Waals surface area contributed by atoms with E-state index < -0.39 is 10.0 Å². The fraction of sp³-hybridized carbons (Fsp3) is 0.308. The number of ether oxygens (including phenoxy) is 3. The molecule has 1 fully saturated rings. The van der Waals surface area contributed by atoms with Gasteiger partial charge < -0.3 is 18.8 Å². The molecule has 0 saturated carbocycles. The normalized spacial score (nSPS) is 14.6. The summed E-state index contributed by atoms with van der Waals surface area (Å²) < 4.78 is 47.8. The maximum absolute atomic E-state index is 13.7. The maximum atomic E-state index is 13.7. The van der Waals surface area contributed by atoms with Crippen LogP contribution in [0, 0.1) is 5.92 Å². The number of rotatable bonds is 13. The highest BCUT2D eigenvalue weighted by Crippen LogP contribution is 2.30. The molecule has 1 saturated heterocycles. The largest absolute Gasteiger partial charge is 0.494 e. The third-order valence-electron chi connectivity index (χ3n) is 8.97. The molecule has 0 atom stereocenters. The van der Waals surface area contributed by atoms with Crippen molar-refractivity contribution in [2.24, 2.45) is 10.9 Å². The monoisotopic (exact) mass is 697 g/mol. The molecule has 2 heterocycles. The van der Waals surface area contributed by atoms with Gasteiger partial charge in [-0.3, -0.25) is 0 Å². The van der Waals surface area contributed by atoms with E-state index in [2.05, 4.69) is 34.2 Å². The van der Waals surface area contributed by atoms with Crippen molar-refractivity contribution in [3.8, 4) is 28.5 Å². The van der Waals surface area contributed by atoms with Gasteiger partial charge in [-0.2, -0.15) is 4.31 Å². The molecule has 1 aromatic heterocycles. The Morgan fingerprint density at radius 3 is 2.22 bits per heavy atom. The van der Waals surface area contributed by atoms with Crippen LogP contribution in [0.1, 0.15) is 30.9 Å². The van der Waals surface area contributed by atoms with Gasteiger partial charge in [0, 0.05) is 25.0 Å². The van der Waals surface area contributed by atoms with Crippen LogP contribution < -0.4 is 19.0 Å². The van der Waals surface area contributed by atoms with E-state index >= 15 is 0 Å². The molecule has 10 heteroatoms. The predicted molar refractivity (Wildman–Crippen MR) is 195 cm³/mol. The Morgan fingerprint density at radius 1 is 0.837 bits per heavy atom. The molecule has 0 spiro atoms. The number of thiazole rings is 1. The van der Waals surface area contributed by atoms with Crippen LogP contribution in [0.5, 0.6) is 17.2 Å². The van der Waals surface area contributed by atoms with E-state index in [1.54, 1.807) is 42.0 Å². The fourth-order valence-electron chi connectivity index (χ4n) is 6.28. The Labute approximate surface area is 293 Å². The molecule has 0 amide bonds. The highest BCUT2D eigenvalue weighted by atomic mass is 32.2. The van der Waals surface area contributed by atoms with Crippen molar-refractivity contribution in [1.82, 2.24) is 8.87 Å². The van der Waals surface area contributed by atoms with Gasteiger partial charge in [-0.05, 0) is 104 Å². The first-order valence-corrected chi connectivity index (χ1v) is 19.0. The molecule has 1 aliphatic heterocycles. The lowest BCUT2D eigenvalue weighted by Gasteiger charge is -2.31. The Balaban J connectivity index is 1.23. The average molecular weight is 698 g/mol. The summed E-state index contributed by atoms with van der Waals surface area (Å²) in [5.74, 6) is 2.67. The Hall–Kier alpha value is -4.38. The third kappa shape index (κ3) is 8.26. The van der Waals surface area contributed by atoms with E-state index in [-0.39, 0.29) is 0 Å². The molecule has 0 radical (unpaired) electrons. The standard InChI is InChI=1S/C39H43N3O5S2/c1-4-47-34-15-13-33(14-16-34)40-39-42(25-22-30-10-19-37(45-2)38(27-30)46-3)36(28-48-39)32-11-17-35(18-12-32)49(43,44)41-23-20-31(21-24-41)26-29-8-6-5-7-9-29/h5-19,27-28,31H,4,20-26H2,1-3H3. The van der Waals surface area contributed by atoms with E-state index in [1.807, 2.05) is 67.6 Å². The Bertz CT molecular complexity index is 2000. The second-order valence-electron chi connectivity index (χ2n) is 12.1. The summed E-state index contributed by atoms with van der Waals surface area (Å²) in [5, 5.41) is 2.09. The molecule has 0 aliphatic carbocycles. The number of methoxy groups -OCH3 is 2. The molecule has 4 aromatic carbocycles. The lowest BCUT2D eigenvalue weighted by molar-refractivity contribution is 0.273. The van der Waals surface area contributed by atoms with E-state index in [0.717, 1.165) is 58.7 Å². The first kappa shape index (κ1) is 34.5. The lowest BCUT2D eigenvalue weighted by atomic mass is 9.91. The molecular formula is C39H43N3O5S2. The quantitative estimate of drug-likeness (QED) is 0.126. The molecule has 0 unspecified atom stereocenters. The third-order valence-corrected chi connectivity index (χ3v) is 11.7.